The molecule has 3 aromatic carbocycles. The molecule has 1 aliphatic heterocycles. The molecule has 0 aromatic heterocycles. The summed E-state index contributed by atoms with van der Waals surface area (Å²) in [6.07, 6.45) is 1.57. The van der Waals surface area contributed by atoms with Crippen LogP contribution in [-0.2, 0) is 22.9 Å². The molecule has 1 N–H and O–H groups in total. The number of aliphatic imine (C=N–C) groups is 1. The van der Waals surface area contributed by atoms with Gasteiger partial charge in [0.25, 0.3) is 10.0 Å². The Balaban J connectivity index is 1.56. The zero-order valence-electron chi connectivity index (χ0n) is 16.0. The van der Waals surface area contributed by atoms with Gasteiger partial charge in [0.05, 0.1) is 10.6 Å². The first-order valence-electron chi connectivity index (χ1n) is 9.52. The van der Waals surface area contributed by atoms with E-state index < -0.39 is 10.0 Å². The molecule has 0 fully saturated rings. The third-order valence-electron chi connectivity index (χ3n) is 5.03. The van der Waals surface area contributed by atoms with Crippen LogP contribution in [-0.4, -0.2) is 20.7 Å². The smallest absolute Gasteiger partial charge is 0.261 e. The lowest BCUT2D eigenvalue weighted by Gasteiger charge is -2.17. The van der Waals surface area contributed by atoms with E-state index in [2.05, 4.69) is 9.71 Å². The van der Waals surface area contributed by atoms with Crippen LogP contribution in [0.5, 0.6) is 0 Å². The topological polar surface area (TPSA) is 58.5 Å². The van der Waals surface area contributed by atoms with Crippen molar-refractivity contribution in [3.05, 3.63) is 94.8 Å². The minimum absolute atomic E-state index is 0.228. The second-order valence-corrected chi connectivity index (χ2v) is 8.64. The summed E-state index contributed by atoms with van der Waals surface area (Å²) < 4.78 is 41.3. The van der Waals surface area contributed by atoms with Gasteiger partial charge in [0.1, 0.15) is 5.82 Å². The minimum Gasteiger partial charge on any atom is -0.284 e. The highest BCUT2D eigenvalue weighted by atomic mass is 32.2. The molecule has 1 aliphatic rings. The second kappa shape index (κ2) is 7.79. The second-order valence-electron chi connectivity index (χ2n) is 6.96. The average molecular weight is 408 g/mol. The van der Waals surface area contributed by atoms with E-state index in [1.54, 1.807) is 36.4 Å². The minimum atomic E-state index is -3.65. The molecule has 1 heterocycles. The van der Waals surface area contributed by atoms with Crippen LogP contribution in [0.1, 0.15) is 29.2 Å². The zero-order valence-corrected chi connectivity index (χ0v) is 16.8. The summed E-state index contributed by atoms with van der Waals surface area (Å²) in [4.78, 5) is 4.82. The Morgan fingerprint density at radius 2 is 1.72 bits per heavy atom. The van der Waals surface area contributed by atoms with Crippen LogP contribution >= 0.6 is 0 Å². The number of nitrogens with one attached hydrogen (secondary N) is 1. The summed E-state index contributed by atoms with van der Waals surface area (Å²) in [5.74, 6) is -0.248. The molecular weight excluding hydrogens is 387 g/mol. The Morgan fingerprint density at radius 3 is 2.41 bits per heavy atom. The Bertz CT molecular complexity index is 1170. The van der Waals surface area contributed by atoms with E-state index in [-0.39, 0.29) is 10.7 Å². The molecule has 4 nitrogen and oxygen atoms in total. The Morgan fingerprint density at radius 1 is 1.00 bits per heavy atom. The lowest BCUT2D eigenvalue weighted by atomic mass is 9.93. The number of hydrogen-bond donors (Lipinski definition) is 1. The standard InChI is InChI=1S/C23H21FN2O2S/c1-2-16-3-10-21(11-4-16)29(27,28)26-20-8-5-17(6-9-20)23-22-12-7-19(24)15-18(22)13-14-25-23/h3-12,15,26H,2,13-14H2,1H3. The van der Waals surface area contributed by atoms with Gasteiger partial charge in [0.2, 0.25) is 0 Å². The van der Waals surface area contributed by atoms with Gasteiger partial charge in [0, 0.05) is 23.4 Å². The average Bonchev–Trinajstić information content (AvgIpc) is 2.73. The van der Waals surface area contributed by atoms with E-state index in [4.69, 9.17) is 0 Å². The number of fused-ring (bicyclic) bond motifs is 1. The third-order valence-corrected chi connectivity index (χ3v) is 6.42. The predicted molar refractivity (Wildman–Crippen MR) is 114 cm³/mol. The SMILES string of the molecule is CCc1ccc(S(=O)(=O)Nc2ccc(C3=NCCc4cc(F)ccc43)cc2)cc1. The van der Waals surface area contributed by atoms with Gasteiger partial charge in [-0.1, -0.05) is 31.2 Å². The zero-order chi connectivity index (χ0) is 20.4. The summed E-state index contributed by atoms with van der Waals surface area (Å²) in [5.41, 5.74) is 5.09. The molecule has 0 saturated heterocycles. The molecule has 0 atom stereocenters. The highest BCUT2D eigenvalue weighted by Gasteiger charge is 2.17. The first-order chi connectivity index (χ1) is 14.0. The van der Waals surface area contributed by atoms with Gasteiger partial charge >= 0.3 is 0 Å². The molecule has 4 rings (SSSR count). The summed E-state index contributed by atoms with van der Waals surface area (Å²) in [7, 11) is -3.65. The van der Waals surface area contributed by atoms with Crippen molar-refractivity contribution in [3.8, 4) is 0 Å². The van der Waals surface area contributed by atoms with Crippen molar-refractivity contribution in [1.29, 1.82) is 0 Å². The fraction of sp³-hybridized carbons (Fsp3) is 0.174. The maximum Gasteiger partial charge on any atom is 0.261 e. The van der Waals surface area contributed by atoms with Crippen molar-refractivity contribution in [2.24, 2.45) is 4.99 Å². The van der Waals surface area contributed by atoms with E-state index in [0.29, 0.717) is 18.7 Å². The van der Waals surface area contributed by atoms with Gasteiger partial charge < -0.3 is 0 Å². The Hall–Kier alpha value is -2.99. The first-order valence-corrected chi connectivity index (χ1v) is 11.0. The molecule has 0 aliphatic carbocycles. The first kappa shape index (κ1) is 19.3. The molecule has 148 valence electrons. The molecule has 0 unspecified atom stereocenters. The largest absolute Gasteiger partial charge is 0.284 e. The molecule has 0 bridgehead atoms. The van der Waals surface area contributed by atoms with Crippen molar-refractivity contribution in [3.63, 3.8) is 0 Å². The van der Waals surface area contributed by atoms with E-state index in [1.807, 2.05) is 31.2 Å². The quantitative estimate of drug-likeness (QED) is 0.672. The van der Waals surface area contributed by atoms with Crippen molar-refractivity contribution in [2.75, 3.05) is 11.3 Å². The Kier molecular flexibility index (Phi) is 5.20. The number of nitrogens with zero attached hydrogens (tertiary/aromatic N) is 1. The van der Waals surface area contributed by atoms with E-state index in [1.165, 1.54) is 6.07 Å². The number of benzene rings is 3. The third kappa shape index (κ3) is 4.07. The molecule has 29 heavy (non-hydrogen) atoms. The van der Waals surface area contributed by atoms with Crippen LogP contribution in [0.25, 0.3) is 0 Å². The highest BCUT2D eigenvalue weighted by molar-refractivity contribution is 7.92. The van der Waals surface area contributed by atoms with Gasteiger partial charge in [-0.25, -0.2) is 12.8 Å². The number of sulfonamides is 1. The summed E-state index contributed by atoms with van der Waals surface area (Å²) in [6.45, 7) is 2.63. The molecule has 0 saturated carbocycles. The lowest BCUT2D eigenvalue weighted by molar-refractivity contribution is 0.601. The fourth-order valence-corrected chi connectivity index (χ4v) is 4.49. The van der Waals surface area contributed by atoms with Gasteiger partial charge in [-0.3, -0.25) is 9.71 Å². The number of aryl methyl sites for hydroxylation is 1. The van der Waals surface area contributed by atoms with E-state index >= 15 is 0 Å². The van der Waals surface area contributed by atoms with Crippen LogP contribution in [0.2, 0.25) is 0 Å². The summed E-state index contributed by atoms with van der Waals surface area (Å²) >= 11 is 0. The monoisotopic (exact) mass is 408 g/mol. The predicted octanol–water partition coefficient (Wildman–Crippen LogP) is 4.58. The molecule has 6 heteroatoms. The van der Waals surface area contributed by atoms with Crippen LogP contribution < -0.4 is 4.72 Å². The summed E-state index contributed by atoms with van der Waals surface area (Å²) in [5, 5.41) is 0. The fourth-order valence-electron chi connectivity index (χ4n) is 3.43. The number of hydrogen-bond acceptors (Lipinski definition) is 3. The lowest BCUT2D eigenvalue weighted by Crippen LogP contribution is -2.15. The normalized spacial score (nSPS) is 13.5. The number of halogens is 1. The number of rotatable bonds is 5. The molecular formula is C23H21FN2O2S. The van der Waals surface area contributed by atoms with E-state index in [9.17, 15) is 12.8 Å². The van der Waals surface area contributed by atoms with Gasteiger partial charge in [0.15, 0.2) is 0 Å². The maximum absolute atomic E-state index is 13.5. The van der Waals surface area contributed by atoms with E-state index in [0.717, 1.165) is 34.4 Å². The molecule has 0 amide bonds. The van der Waals surface area contributed by atoms with Gasteiger partial charge in [-0.05, 0) is 66.4 Å². The maximum atomic E-state index is 13.5. The Labute approximate surface area is 170 Å². The molecule has 0 spiro atoms. The summed E-state index contributed by atoms with van der Waals surface area (Å²) in [6, 6.07) is 18.7. The molecule has 3 aromatic rings. The van der Waals surface area contributed by atoms with Crippen LogP contribution in [0.15, 0.2) is 76.6 Å². The van der Waals surface area contributed by atoms with Gasteiger partial charge in [-0.15, -0.1) is 0 Å². The van der Waals surface area contributed by atoms with Crippen molar-refractivity contribution in [1.82, 2.24) is 0 Å². The van der Waals surface area contributed by atoms with Crippen molar-refractivity contribution in [2.45, 2.75) is 24.7 Å². The highest BCUT2D eigenvalue weighted by Crippen LogP contribution is 2.23. The number of anilines is 1. The van der Waals surface area contributed by atoms with Crippen LogP contribution in [0.3, 0.4) is 0 Å². The van der Waals surface area contributed by atoms with Crippen LogP contribution in [0, 0.1) is 5.82 Å². The van der Waals surface area contributed by atoms with Crippen molar-refractivity contribution >= 4 is 21.4 Å². The van der Waals surface area contributed by atoms with Crippen molar-refractivity contribution < 1.29 is 12.8 Å². The molecule has 0 radical (unpaired) electrons. The van der Waals surface area contributed by atoms with Crippen LogP contribution in [0.4, 0.5) is 10.1 Å². The van der Waals surface area contributed by atoms with Gasteiger partial charge in [-0.2, -0.15) is 0 Å².